The summed E-state index contributed by atoms with van der Waals surface area (Å²) in [6.07, 6.45) is -0.0314. The number of phenols is 1. The molecule has 2 N–H and O–H groups in total. The molecular weight excluding hydrogens is 366 g/mol. The number of carbonyl (C=O) groups excluding carboxylic acids is 1. The summed E-state index contributed by atoms with van der Waals surface area (Å²) >= 11 is 0. The summed E-state index contributed by atoms with van der Waals surface area (Å²) in [7, 11) is 1.46. The standard InChI is InChI=1S/C20H23NO7/c1-26-12-15-10-17(23)19(25)20(28-15)16(13-3-2-4-14(22)9-13)11-18(24)21-5-7-27-8-6-21/h2-4,9-10,16,22,25H,5-8,11-12H2,1H3/t16-/m0/s1. The smallest absolute Gasteiger partial charge is 0.227 e. The van der Waals surface area contributed by atoms with Crippen LogP contribution in [0.3, 0.4) is 0 Å². The highest BCUT2D eigenvalue weighted by Gasteiger charge is 2.29. The number of aromatic hydroxyl groups is 2. The van der Waals surface area contributed by atoms with Gasteiger partial charge >= 0.3 is 0 Å². The van der Waals surface area contributed by atoms with E-state index >= 15 is 0 Å². The molecule has 8 nitrogen and oxygen atoms in total. The average molecular weight is 389 g/mol. The summed E-state index contributed by atoms with van der Waals surface area (Å²) < 4.78 is 16.0. The zero-order valence-electron chi connectivity index (χ0n) is 15.6. The fraction of sp³-hybridized carbons (Fsp3) is 0.400. The molecule has 1 saturated heterocycles. The first-order valence-electron chi connectivity index (χ1n) is 8.99. The van der Waals surface area contributed by atoms with Crippen LogP contribution >= 0.6 is 0 Å². The molecule has 150 valence electrons. The fourth-order valence-electron chi connectivity index (χ4n) is 3.22. The van der Waals surface area contributed by atoms with Crippen LogP contribution in [-0.4, -0.2) is 54.4 Å². The molecular formula is C20H23NO7. The van der Waals surface area contributed by atoms with Gasteiger partial charge in [-0.1, -0.05) is 12.1 Å². The molecule has 0 bridgehead atoms. The van der Waals surface area contributed by atoms with Gasteiger partial charge in [-0.3, -0.25) is 9.59 Å². The number of hydrogen-bond acceptors (Lipinski definition) is 7. The molecule has 28 heavy (non-hydrogen) atoms. The minimum absolute atomic E-state index is 0.0104. The number of nitrogens with zero attached hydrogens (tertiary/aromatic N) is 1. The number of carbonyl (C=O) groups is 1. The van der Waals surface area contributed by atoms with Crippen molar-refractivity contribution in [3.05, 3.63) is 57.6 Å². The molecule has 1 aliphatic heterocycles. The van der Waals surface area contributed by atoms with Gasteiger partial charge in [0.2, 0.25) is 17.1 Å². The normalized spacial score (nSPS) is 15.4. The lowest BCUT2D eigenvalue weighted by Crippen LogP contribution is -2.41. The first kappa shape index (κ1) is 19.9. The second kappa shape index (κ2) is 8.90. The predicted molar refractivity (Wildman–Crippen MR) is 99.3 cm³/mol. The lowest BCUT2D eigenvalue weighted by Gasteiger charge is -2.28. The quantitative estimate of drug-likeness (QED) is 0.772. The third kappa shape index (κ3) is 4.52. The van der Waals surface area contributed by atoms with Gasteiger partial charge in [-0.25, -0.2) is 0 Å². The molecule has 1 aromatic heterocycles. The number of hydrogen-bond donors (Lipinski definition) is 2. The Morgan fingerprint density at radius 3 is 2.68 bits per heavy atom. The van der Waals surface area contributed by atoms with Crippen molar-refractivity contribution in [3.8, 4) is 11.5 Å². The van der Waals surface area contributed by atoms with Crippen LogP contribution in [-0.2, 0) is 20.9 Å². The number of phenolic OH excluding ortho intramolecular Hbond substituents is 1. The Labute approximate surface area is 161 Å². The Balaban J connectivity index is 2.01. The van der Waals surface area contributed by atoms with E-state index in [0.29, 0.717) is 31.9 Å². The molecule has 0 radical (unpaired) electrons. The minimum Gasteiger partial charge on any atom is -0.508 e. The SMILES string of the molecule is COCc1cc(=O)c(O)c([C@@H](CC(=O)N2CCOCC2)c2cccc(O)c2)o1. The number of morpholine rings is 1. The van der Waals surface area contributed by atoms with Gasteiger partial charge in [0, 0.05) is 32.7 Å². The summed E-state index contributed by atoms with van der Waals surface area (Å²) in [5, 5.41) is 20.2. The van der Waals surface area contributed by atoms with Gasteiger partial charge in [0.1, 0.15) is 18.1 Å². The van der Waals surface area contributed by atoms with Crippen LogP contribution in [0.25, 0.3) is 0 Å². The summed E-state index contributed by atoms with van der Waals surface area (Å²) in [5.41, 5.74) is -0.0631. The fourth-order valence-corrected chi connectivity index (χ4v) is 3.22. The lowest BCUT2D eigenvalue weighted by atomic mass is 9.91. The summed E-state index contributed by atoms with van der Waals surface area (Å²) in [4.78, 5) is 26.7. The molecule has 2 heterocycles. The molecule has 3 rings (SSSR count). The van der Waals surface area contributed by atoms with Crippen LogP contribution in [0.4, 0.5) is 0 Å². The molecule has 1 amide bonds. The minimum atomic E-state index is -0.744. The predicted octanol–water partition coefficient (Wildman–Crippen LogP) is 1.58. The number of amides is 1. The van der Waals surface area contributed by atoms with E-state index in [9.17, 15) is 19.8 Å². The average Bonchev–Trinajstić information content (AvgIpc) is 2.69. The van der Waals surface area contributed by atoms with E-state index in [-0.39, 0.29) is 36.2 Å². The third-order valence-corrected chi connectivity index (χ3v) is 4.62. The maximum atomic E-state index is 12.8. The summed E-state index contributed by atoms with van der Waals surface area (Å²) in [6.45, 7) is 1.93. The van der Waals surface area contributed by atoms with Gasteiger partial charge in [-0.05, 0) is 17.7 Å². The van der Waals surface area contributed by atoms with Crippen molar-refractivity contribution in [2.75, 3.05) is 33.4 Å². The highest BCUT2D eigenvalue weighted by molar-refractivity contribution is 5.78. The molecule has 1 fully saturated rings. The van der Waals surface area contributed by atoms with Gasteiger partial charge in [-0.2, -0.15) is 0 Å². The van der Waals surface area contributed by atoms with Crippen LogP contribution in [0.15, 0.2) is 39.5 Å². The van der Waals surface area contributed by atoms with Gasteiger partial charge in [0.05, 0.1) is 19.1 Å². The summed E-state index contributed by atoms with van der Waals surface area (Å²) in [6, 6.07) is 7.48. The zero-order valence-corrected chi connectivity index (χ0v) is 15.6. The van der Waals surface area contributed by atoms with Gasteiger partial charge in [0.25, 0.3) is 0 Å². The maximum Gasteiger partial charge on any atom is 0.227 e. The van der Waals surface area contributed by atoms with Crippen LogP contribution in [0, 0.1) is 0 Å². The van der Waals surface area contributed by atoms with Crippen molar-refractivity contribution in [2.24, 2.45) is 0 Å². The lowest BCUT2D eigenvalue weighted by molar-refractivity contribution is -0.135. The van der Waals surface area contributed by atoms with Crippen LogP contribution in [0.1, 0.15) is 29.4 Å². The molecule has 0 spiro atoms. The van der Waals surface area contributed by atoms with E-state index in [1.54, 1.807) is 17.0 Å². The Bertz CT molecular complexity index is 886. The van der Waals surface area contributed by atoms with Crippen molar-refractivity contribution in [1.29, 1.82) is 0 Å². The van der Waals surface area contributed by atoms with Gasteiger partial charge < -0.3 is 29.0 Å². The Hall–Kier alpha value is -2.84. The second-order valence-electron chi connectivity index (χ2n) is 6.57. The van der Waals surface area contributed by atoms with Crippen molar-refractivity contribution in [3.63, 3.8) is 0 Å². The van der Waals surface area contributed by atoms with Crippen LogP contribution in [0.5, 0.6) is 11.5 Å². The largest absolute Gasteiger partial charge is 0.508 e. The van der Waals surface area contributed by atoms with Crippen molar-refractivity contribution < 1.29 is 28.9 Å². The van der Waals surface area contributed by atoms with Crippen molar-refractivity contribution in [2.45, 2.75) is 18.9 Å². The van der Waals surface area contributed by atoms with E-state index in [2.05, 4.69) is 0 Å². The van der Waals surface area contributed by atoms with E-state index < -0.39 is 17.1 Å². The molecule has 1 aromatic carbocycles. The molecule has 8 heteroatoms. The molecule has 1 aliphatic rings. The third-order valence-electron chi connectivity index (χ3n) is 4.62. The Morgan fingerprint density at radius 2 is 2.00 bits per heavy atom. The van der Waals surface area contributed by atoms with Crippen molar-refractivity contribution in [1.82, 2.24) is 4.90 Å². The molecule has 0 saturated carbocycles. The van der Waals surface area contributed by atoms with Crippen LogP contribution in [0.2, 0.25) is 0 Å². The summed E-state index contributed by atoms with van der Waals surface area (Å²) in [5.74, 6) is -1.22. The number of methoxy groups -OCH3 is 1. The highest BCUT2D eigenvalue weighted by atomic mass is 16.5. The second-order valence-corrected chi connectivity index (χ2v) is 6.57. The molecule has 0 aliphatic carbocycles. The molecule has 2 aromatic rings. The first-order chi connectivity index (χ1) is 13.5. The van der Waals surface area contributed by atoms with Crippen LogP contribution < -0.4 is 5.43 Å². The van der Waals surface area contributed by atoms with E-state index in [1.165, 1.54) is 19.2 Å². The van der Waals surface area contributed by atoms with E-state index in [1.807, 2.05) is 0 Å². The highest BCUT2D eigenvalue weighted by Crippen LogP contribution is 2.35. The van der Waals surface area contributed by atoms with Gasteiger partial charge in [-0.15, -0.1) is 0 Å². The number of rotatable bonds is 6. The first-order valence-corrected chi connectivity index (χ1v) is 8.99. The van der Waals surface area contributed by atoms with E-state index in [0.717, 1.165) is 6.07 Å². The Kier molecular flexibility index (Phi) is 6.33. The Morgan fingerprint density at radius 1 is 1.25 bits per heavy atom. The topological polar surface area (TPSA) is 109 Å². The van der Waals surface area contributed by atoms with Crippen molar-refractivity contribution >= 4 is 5.91 Å². The zero-order chi connectivity index (χ0) is 20.1. The monoisotopic (exact) mass is 389 g/mol. The van der Waals surface area contributed by atoms with E-state index in [4.69, 9.17) is 13.9 Å². The maximum absolute atomic E-state index is 12.8. The van der Waals surface area contributed by atoms with Gasteiger partial charge in [0.15, 0.2) is 5.76 Å². The number of benzene rings is 1. The molecule has 1 atom stereocenters. The number of ether oxygens (including phenoxy) is 2. The molecule has 0 unspecified atom stereocenters.